The number of rotatable bonds is 4. The van der Waals surface area contributed by atoms with E-state index in [0.717, 1.165) is 0 Å². The first-order valence-electron chi connectivity index (χ1n) is 11.2. The number of benzene rings is 1. The summed E-state index contributed by atoms with van der Waals surface area (Å²) in [5.74, 6) is 0.203. The summed E-state index contributed by atoms with van der Waals surface area (Å²) >= 11 is 0. The molecular weight excluding hydrogens is 443 g/mol. The molecule has 2 aromatic rings. The molecule has 1 aromatic carbocycles. The highest BCUT2D eigenvalue weighted by atomic mass is 19.1. The highest BCUT2D eigenvalue weighted by molar-refractivity contribution is 6.02. The topological polar surface area (TPSA) is 122 Å². The van der Waals surface area contributed by atoms with Gasteiger partial charge >= 0.3 is 0 Å². The van der Waals surface area contributed by atoms with Gasteiger partial charge in [0.25, 0.3) is 5.91 Å². The molecule has 3 heterocycles. The number of aryl methyl sites for hydroxylation is 1. The number of halogens is 1. The van der Waals surface area contributed by atoms with Crippen LogP contribution >= 0.6 is 0 Å². The molecule has 34 heavy (non-hydrogen) atoms. The van der Waals surface area contributed by atoms with E-state index < -0.39 is 17.1 Å². The van der Waals surface area contributed by atoms with E-state index in [0.29, 0.717) is 61.9 Å². The maximum Gasteiger partial charge on any atom is 0.273 e. The summed E-state index contributed by atoms with van der Waals surface area (Å²) in [4.78, 5) is 35.7. The number of Topliss-reactive ketones (excluding diaryl/α,β-unsaturated/α-hetero) is 1. The van der Waals surface area contributed by atoms with Crippen molar-refractivity contribution in [2.45, 2.75) is 32.7 Å². The van der Waals surface area contributed by atoms with E-state index >= 15 is 0 Å². The number of carbonyl (C=O) groups excluding carboxylic acids is 2. The zero-order valence-corrected chi connectivity index (χ0v) is 18.8. The fourth-order valence-electron chi connectivity index (χ4n) is 4.82. The van der Waals surface area contributed by atoms with Crippen molar-refractivity contribution in [3.8, 4) is 5.69 Å². The zero-order valence-electron chi connectivity index (χ0n) is 18.8. The number of aliphatic imine (C=N–C) groups is 1. The van der Waals surface area contributed by atoms with Crippen molar-refractivity contribution < 1.29 is 23.8 Å². The summed E-state index contributed by atoms with van der Waals surface area (Å²) < 4.78 is 21.2. The summed E-state index contributed by atoms with van der Waals surface area (Å²) in [7, 11) is 0. The van der Waals surface area contributed by atoms with E-state index in [1.807, 2.05) is 4.90 Å². The van der Waals surface area contributed by atoms with Crippen molar-refractivity contribution in [2.75, 3.05) is 26.3 Å². The molecule has 1 saturated carbocycles. The number of aromatic nitrogens is 3. The van der Waals surface area contributed by atoms with Crippen molar-refractivity contribution in [1.29, 1.82) is 0 Å². The SMILES string of the molecule is Cc1ncnn1-c1cc(F)ccc1CNC(=O)C1=C(O)CN2CCOCC3(CCC(=O)C3)C2=N1. The number of hydrogen-bond donors (Lipinski definition) is 2. The molecule has 0 radical (unpaired) electrons. The minimum atomic E-state index is -0.575. The molecule has 1 unspecified atom stereocenters. The largest absolute Gasteiger partial charge is 0.508 e. The first-order valence-corrected chi connectivity index (χ1v) is 11.2. The van der Waals surface area contributed by atoms with Gasteiger partial charge in [-0.2, -0.15) is 5.10 Å². The van der Waals surface area contributed by atoms with Crippen LogP contribution in [0.4, 0.5) is 4.39 Å². The second kappa shape index (κ2) is 8.64. The Morgan fingerprint density at radius 3 is 2.97 bits per heavy atom. The Morgan fingerprint density at radius 1 is 1.38 bits per heavy atom. The van der Waals surface area contributed by atoms with Crippen LogP contribution in [-0.4, -0.2) is 68.6 Å². The number of fused-ring (bicyclic) bond motifs is 2. The predicted octanol–water partition coefficient (Wildman–Crippen LogP) is 1.58. The van der Waals surface area contributed by atoms with E-state index in [-0.39, 0.29) is 30.3 Å². The molecular formula is C23H25FN6O4. The van der Waals surface area contributed by atoms with E-state index in [1.165, 1.54) is 23.1 Å². The third-order valence-corrected chi connectivity index (χ3v) is 6.56. The van der Waals surface area contributed by atoms with E-state index in [2.05, 4.69) is 20.4 Å². The van der Waals surface area contributed by atoms with Gasteiger partial charge in [0.15, 0.2) is 5.70 Å². The van der Waals surface area contributed by atoms with Crippen molar-refractivity contribution in [2.24, 2.45) is 10.4 Å². The molecule has 1 aliphatic carbocycles. The molecule has 1 atom stereocenters. The molecule has 2 fully saturated rings. The van der Waals surface area contributed by atoms with Crippen LogP contribution in [0, 0.1) is 18.2 Å². The summed E-state index contributed by atoms with van der Waals surface area (Å²) in [5, 5.41) is 17.5. The molecule has 5 rings (SSSR count). The fraction of sp³-hybridized carbons (Fsp3) is 0.435. The number of ether oxygens (including phenoxy) is 1. The maximum atomic E-state index is 13.9. The van der Waals surface area contributed by atoms with Gasteiger partial charge in [-0.25, -0.2) is 19.0 Å². The van der Waals surface area contributed by atoms with Gasteiger partial charge in [0.2, 0.25) is 0 Å². The number of nitrogens with zero attached hydrogens (tertiary/aromatic N) is 5. The van der Waals surface area contributed by atoms with Crippen LogP contribution in [0.25, 0.3) is 5.69 Å². The van der Waals surface area contributed by atoms with Gasteiger partial charge < -0.3 is 20.1 Å². The molecule has 1 amide bonds. The first kappa shape index (κ1) is 22.2. The predicted molar refractivity (Wildman–Crippen MR) is 119 cm³/mol. The Labute approximate surface area is 195 Å². The number of aliphatic hydroxyl groups is 1. The van der Waals surface area contributed by atoms with Crippen LogP contribution in [0.3, 0.4) is 0 Å². The van der Waals surface area contributed by atoms with Crippen molar-refractivity contribution in [3.05, 3.63) is 53.2 Å². The maximum absolute atomic E-state index is 13.9. The van der Waals surface area contributed by atoms with Crippen molar-refractivity contribution in [3.63, 3.8) is 0 Å². The summed E-state index contributed by atoms with van der Waals surface area (Å²) in [6.07, 6.45) is 2.74. The summed E-state index contributed by atoms with van der Waals surface area (Å²) in [5.41, 5.74) is 0.426. The molecule has 10 nitrogen and oxygen atoms in total. The first-order chi connectivity index (χ1) is 16.4. The van der Waals surface area contributed by atoms with Crippen LogP contribution in [0.15, 0.2) is 41.0 Å². The lowest BCUT2D eigenvalue weighted by Crippen LogP contribution is -2.47. The third kappa shape index (κ3) is 3.96. The number of hydrogen-bond acceptors (Lipinski definition) is 8. The quantitative estimate of drug-likeness (QED) is 0.699. The van der Waals surface area contributed by atoms with E-state index in [4.69, 9.17) is 4.74 Å². The van der Waals surface area contributed by atoms with Gasteiger partial charge in [-0.05, 0) is 31.0 Å². The standard InChI is InChI=1S/C23H25FN6O4/c1-14-26-13-27-30(14)18-8-16(24)3-2-15(18)10-25-21(33)20-19(32)11-29-6-7-34-12-23(22(29)28-20)5-4-17(31)9-23/h2-3,8,13,32H,4-7,9-12H2,1H3,(H,25,33). The van der Waals surface area contributed by atoms with Crippen LogP contribution < -0.4 is 5.32 Å². The summed E-state index contributed by atoms with van der Waals surface area (Å²) in [6.45, 7) is 3.27. The summed E-state index contributed by atoms with van der Waals surface area (Å²) in [6, 6.07) is 4.20. The minimum absolute atomic E-state index is 0.0613. The average molecular weight is 468 g/mol. The molecule has 2 aliphatic heterocycles. The number of ketones is 1. The number of amidine groups is 1. The van der Waals surface area contributed by atoms with Gasteiger partial charge in [-0.15, -0.1) is 0 Å². The van der Waals surface area contributed by atoms with Gasteiger partial charge in [-0.1, -0.05) is 6.07 Å². The van der Waals surface area contributed by atoms with Gasteiger partial charge in [0, 0.05) is 25.9 Å². The molecule has 11 heteroatoms. The minimum Gasteiger partial charge on any atom is -0.508 e. The highest BCUT2D eigenvalue weighted by Gasteiger charge is 2.48. The normalized spacial score (nSPS) is 22.6. The Kier molecular flexibility index (Phi) is 5.64. The molecule has 3 aliphatic rings. The molecule has 1 saturated heterocycles. The highest BCUT2D eigenvalue weighted by Crippen LogP contribution is 2.41. The van der Waals surface area contributed by atoms with Gasteiger partial charge in [-0.3, -0.25) is 9.59 Å². The Morgan fingerprint density at radius 2 is 2.24 bits per heavy atom. The molecule has 1 aromatic heterocycles. The zero-order chi connectivity index (χ0) is 23.9. The Balaban J connectivity index is 1.40. The number of carbonyl (C=O) groups is 2. The second-order valence-electron chi connectivity index (χ2n) is 8.88. The van der Waals surface area contributed by atoms with Crippen LogP contribution in [-0.2, 0) is 20.9 Å². The van der Waals surface area contributed by atoms with Crippen LogP contribution in [0.2, 0.25) is 0 Å². The van der Waals surface area contributed by atoms with Gasteiger partial charge in [0.1, 0.15) is 35.3 Å². The molecule has 178 valence electrons. The molecule has 2 N–H and O–H groups in total. The van der Waals surface area contributed by atoms with Crippen LogP contribution in [0.1, 0.15) is 30.7 Å². The van der Waals surface area contributed by atoms with E-state index in [1.54, 1.807) is 13.0 Å². The Bertz CT molecular complexity index is 1220. The smallest absolute Gasteiger partial charge is 0.273 e. The second-order valence-corrected chi connectivity index (χ2v) is 8.88. The lowest BCUT2D eigenvalue weighted by Gasteiger charge is -2.36. The third-order valence-electron chi connectivity index (χ3n) is 6.56. The van der Waals surface area contributed by atoms with Crippen molar-refractivity contribution in [1.82, 2.24) is 25.0 Å². The monoisotopic (exact) mass is 468 g/mol. The lowest BCUT2D eigenvalue weighted by molar-refractivity contribution is -0.118. The fourth-order valence-corrected chi connectivity index (χ4v) is 4.82. The van der Waals surface area contributed by atoms with Crippen LogP contribution in [0.5, 0.6) is 0 Å². The average Bonchev–Trinajstić information content (AvgIpc) is 3.36. The molecule has 0 bridgehead atoms. The lowest BCUT2D eigenvalue weighted by atomic mass is 9.84. The molecule has 1 spiro atoms. The Hall–Kier alpha value is -3.60. The van der Waals surface area contributed by atoms with E-state index in [9.17, 15) is 19.1 Å². The number of aliphatic hydroxyl groups excluding tert-OH is 1. The van der Waals surface area contributed by atoms with Gasteiger partial charge in [0.05, 0.1) is 30.9 Å². The van der Waals surface area contributed by atoms with Crippen molar-refractivity contribution >= 4 is 17.5 Å². The number of amides is 1. The number of nitrogens with one attached hydrogen (secondary N) is 1.